The highest BCUT2D eigenvalue weighted by atomic mass is 16.7. The Morgan fingerprint density at radius 1 is 1.35 bits per heavy atom. The van der Waals surface area contributed by atoms with Crippen LogP contribution >= 0.6 is 0 Å². The van der Waals surface area contributed by atoms with Gasteiger partial charge in [-0.25, -0.2) is 4.79 Å². The fourth-order valence-corrected chi connectivity index (χ4v) is 1.54. The zero-order valence-electron chi connectivity index (χ0n) is 11.1. The van der Waals surface area contributed by atoms with Crippen molar-refractivity contribution < 1.29 is 24.5 Å². The van der Waals surface area contributed by atoms with E-state index in [9.17, 15) is 9.90 Å². The van der Waals surface area contributed by atoms with E-state index in [1.54, 1.807) is 13.8 Å². The van der Waals surface area contributed by atoms with Crippen LogP contribution in [0.25, 0.3) is 0 Å². The molecule has 0 heterocycles. The van der Waals surface area contributed by atoms with Gasteiger partial charge in [-0.15, -0.1) is 0 Å². The first-order valence-electron chi connectivity index (χ1n) is 5.41. The minimum absolute atomic E-state index is 0.214. The van der Waals surface area contributed by atoms with Crippen LogP contribution in [-0.2, 0) is 14.3 Å². The van der Waals surface area contributed by atoms with E-state index in [2.05, 4.69) is 0 Å². The van der Waals surface area contributed by atoms with Gasteiger partial charge in [-0.05, 0) is 13.3 Å². The summed E-state index contributed by atoms with van der Waals surface area (Å²) in [5.74, 6) is -0.981. The molecule has 1 unspecified atom stereocenters. The van der Waals surface area contributed by atoms with Gasteiger partial charge in [0.15, 0.2) is 6.29 Å². The highest BCUT2D eigenvalue weighted by Crippen LogP contribution is 2.30. The number of rotatable bonds is 7. The van der Waals surface area contributed by atoms with E-state index in [-0.39, 0.29) is 12.0 Å². The van der Waals surface area contributed by atoms with Gasteiger partial charge in [-0.3, -0.25) is 0 Å². The summed E-state index contributed by atoms with van der Waals surface area (Å²) in [4.78, 5) is 10.6. The molecule has 0 rings (SSSR count). The lowest BCUT2D eigenvalue weighted by Crippen LogP contribution is -2.42. The molecule has 0 amide bonds. The molecule has 17 heavy (non-hydrogen) atoms. The molecule has 5 nitrogen and oxygen atoms in total. The second-order valence-corrected chi connectivity index (χ2v) is 4.57. The second-order valence-electron chi connectivity index (χ2n) is 4.57. The Morgan fingerprint density at radius 2 is 1.82 bits per heavy atom. The molecule has 0 aliphatic rings. The van der Waals surface area contributed by atoms with E-state index in [0.717, 1.165) is 0 Å². The number of ether oxygens (including phenoxy) is 2. The van der Waals surface area contributed by atoms with E-state index in [1.807, 2.05) is 0 Å². The predicted octanol–water partition coefficient (Wildman–Crippen LogP) is 1.41. The molecular weight excluding hydrogens is 224 g/mol. The summed E-state index contributed by atoms with van der Waals surface area (Å²) in [7, 11) is 3.00. The molecule has 1 atom stereocenters. The van der Waals surface area contributed by atoms with Crippen LogP contribution in [0, 0.1) is 5.41 Å². The van der Waals surface area contributed by atoms with Crippen molar-refractivity contribution in [3.05, 3.63) is 11.6 Å². The highest BCUT2D eigenvalue weighted by molar-refractivity contribution is 5.85. The third kappa shape index (κ3) is 4.46. The number of carboxylic acids is 1. The normalized spacial score (nSPS) is 15.1. The highest BCUT2D eigenvalue weighted by Gasteiger charge is 2.36. The molecule has 0 radical (unpaired) electrons. The summed E-state index contributed by atoms with van der Waals surface area (Å²) >= 11 is 0. The maximum atomic E-state index is 10.6. The maximum Gasteiger partial charge on any atom is 0.330 e. The summed E-state index contributed by atoms with van der Waals surface area (Å²) in [6.45, 7) is 5.10. The smallest absolute Gasteiger partial charge is 0.330 e. The Labute approximate surface area is 102 Å². The SMILES string of the molecule is COC(OC)C(C)(C)C(O)C/C=C(\C)C(=O)O. The molecule has 0 aromatic heterocycles. The van der Waals surface area contributed by atoms with E-state index in [0.29, 0.717) is 0 Å². The summed E-state index contributed by atoms with van der Waals surface area (Å²) in [6.07, 6.45) is 0.448. The quantitative estimate of drug-likeness (QED) is 0.524. The molecule has 0 bridgehead atoms. The maximum absolute atomic E-state index is 10.6. The zero-order chi connectivity index (χ0) is 13.6. The molecule has 0 aliphatic carbocycles. The summed E-state index contributed by atoms with van der Waals surface area (Å²) in [5, 5.41) is 18.7. The Kier molecular flexibility index (Phi) is 6.37. The van der Waals surface area contributed by atoms with Gasteiger partial charge in [0.25, 0.3) is 0 Å². The fraction of sp³-hybridized carbons (Fsp3) is 0.750. The number of aliphatic carboxylic acids is 1. The Balaban J connectivity index is 4.64. The van der Waals surface area contributed by atoms with Crippen LogP contribution in [0.3, 0.4) is 0 Å². The largest absolute Gasteiger partial charge is 0.478 e. The molecule has 0 fully saturated rings. The van der Waals surface area contributed by atoms with Gasteiger partial charge in [0.1, 0.15) is 0 Å². The number of carbonyl (C=O) groups is 1. The lowest BCUT2D eigenvalue weighted by atomic mass is 9.83. The van der Waals surface area contributed by atoms with Gasteiger partial charge in [0.2, 0.25) is 0 Å². The van der Waals surface area contributed by atoms with Crippen LogP contribution in [0.5, 0.6) is 0 Å². The van der Waals surface area contributed by atoms with E-state index in [1.165, 1.54) is 27.2 Å². The van der Waals surface area contributed by atoms with E-state index >= 15 is 0 Å². The van der Waals surface area contributed by atoms with Crippen molar-refractivity contribution in [1.82, 2.24) is 0 Å². The number of aliphatic hydroxyl groups excluding tert-OH is 1. The first-order valence-corrected chi connectivity index (χ1v) is 5.41. The van der Waals surface area contributed by atoms with Crippen molar-refractivity contribution in [3.63, 3.8) is 0 Å². The lowest BCUT2D eigenvalue weighted by molar-refractivity contribution is -0.196. The summed E-state index contributed by atoms with van der Waals surface area (Å²) < 4.78 is 10.2. The first-order chi connectivity index (χ1) is 7.77. The van der Waals surface area contributed by atoms with Gasteiger partial charge in [0.05, 0.1) is 6.10 Å². The Bertz CT molecular complexity index is 279. The average molecular weight is 246 g/mol. The van der Waals surface area contributed by atoms with Crippen molar-refractivity contribution in [1.29, 1.82) is 0 Å². The molecule has 5 heteroatoms. The minimum Gasteiger partial charge on any atom is -0.478 e. The fourth-order valence-electron chi connectivity index (χ4n) is 1.54. The van der Waals surface area contributed by atoms with E-state index in [4.69, 9.17) is 14.6 Å². The third-order valence-corrected chi connectivity index (χ3v) is 2.88. The summed E-state index contributed by atoms with van der Waals surface area (Å²) in [5.41, 5.74) is -0.412. The second kappa shape index (κ2) is 6.74. The Hall–Kier alpha value is -0.910. The van der Waals surface area contributed by atoms with Gasteiger partial charge in [-0.1, -0.05) is 19.9 Å². The van der Waals surface area contributed by atoms with Gasteiger partial charge >= 0.3 is 5.97 Å². The topological polar surface area (TPSA) is 76.0 Å². The summed E-state index contributed by atoms with van der Waals surface area (Å²) in [6, 6.07) is 0. The van der Waals surface area contributed by atoms with Crippen molar-refractivity contribution in [2.45, 2.75) is 39.6 Å². The monoisotopic (exact) mass is 246 g/mol. The number of methoxy groups -OCH3 is 2. The lowest BCUT2D eigenvalue weighted by Gasteiger charge is -2.35. The first kappa shape index (κ1) is 16.1. The number of hydrogen-bond acceptors (Lipinski definition) is 4. The Morgan fingerprint density at radius 3 is 2.18 bits per heavy atom. The molecule has 100 valence electrons. The molecule has 0 saturated carbocycles. The van der Waals surface area contributed by atoms with E-state index < -0.39 is 23.8 Å². The van der Waals surface area contributed by atoms with Crippen molar-refractivity contribution in [3.8, 4) is 0 Å². The number of aliphatic hydroxyl groups is 1. The van der Waals surface area contributed by atoms with Crippen LogP contribution in [0.15, 0.2) is 11.6 Å². The van der Waals surface area contributed by atoms with Crippen molar-refractivity contribution >= 4 is 5.97 Å². The minimum atomic E-state index is -0.981. The van der Waals surface area contributed by atoms with Crippen LogP contribution < -0.4 is 0 Å². The van der Waals surface area contributed by atoms with Crippen molar-refractivity contribution in [2.24, 2.45) is 5.41 Å². The molecule has 0 spiro atoms. The standard InChI is InChI=1S/C12H22O5/c1-8(10(14)15)6-7-9(13)12(2,3)11(16-4)17-5/h6,9,11,13H,7H2,1-5H3,(H,14,15)/b8-6+. The third-order valence-electron chi connectivity index (χ3n) is 2.88. The average Bonchev–Trinajstić information content (AvgIpc) is 2.26. The van der Waals surface area contributed by atoms with Gasteiger partial charge < -0.3 is 19.7 Å². The number of carboxylic acid groups (broad SMARTS) is 1. The van der Waals surface area contributed by atoms with Gasteiger partial charge in [-0.2, -0.15) is 0 Å². The zero-order valence-corrected chi connectivity index (χ0v) is 11.1. The van der Waals surface area contributed by atoms with Crippen LogP contribution in [0.2, 0.25) is 0 Å². The molecule has 0 saturated heterocycles. The number of hydrogen-bond donors (Lipinski definition) is 2. The molecule has 0 aromatic rings. The molecule has 2 N–H and O–H groups in total. The molecular formula is C12H22O5. The van der Waals surface area contributed by atoms with Crippen LogP contribution in [-0.4, -0.2) is 42.8 Å². The predicted molar refractivity (Wildman–Crippen MR) is 63.6 cm³/mol. The molecule has 0 aromatic carbocycles. The molecule has 0 aliphatic heterocycles. The van der Waals surface area contributed by atoms with Gasteiger partial charge in [0, 0.05) is 25.2 Å². The van der Waals surface area contributed by atoms with Crippen LogP contribution in [0.4, 0.5) is 0 Å². The van der Waals surface area contributed by atoms with Crippen molar-refractivity contribution in [2.75, 3.05) is 14.2 Å². The van der Waals surface area contributed by atoms with Crippen LogP contribution in [0.1, 0.15) is 27.2 Å².